The van der Waals surface area contributed by atoms with Gasteiger partial charge in [0.15, 0.2) is 0 Å². The molecule has 2 aromatic carbocycles. The van der Waals surface area contributed by atoms with Crippen LogP contribution in [0.1, 0.15) is 74.4 Å². The fourth-order valence-electron chi connectivity index (χ4n) is 7.72. The molecule has 2 heterocycles. The summed E-state index contributed by atoms with van der Waals surface area (Å²) < 4.78 is 41.6. The lowest BCUT2D eigenvalue weighted by atomic mass is 9.64. The Morgan fingerprint density at radius 3 is 2.70 bits per heavy atom. The first-order valence-electron chi connectivity index (χ1n) is 15.5. The number of allylic oxidation sites excluding steroid dienone is 1. The highest BCUT2D eigenvalue weighted by Gasteiger charge is 2.47. The van der Waals surface area contributed by atoms with Gasteiger partial charge in [-0.1, -0.05) is 36.7 Å². The molecular formula is C34H43ClN2O5S. The topological polar surface area (TPSA) is 84.9 Å². The molecule has 2 aromatic rings. The van der Waals surface area contributed by atoms with Gasteiger partial charge in [-0.2, -0.15) is 0 Å². The molecule has 0 aromatic heterocycles. The number of methoxy groups -OCH3 is 1. The lowest BCUT2D eigenvalue weighted by molar-refractivity contribution is -0.0622. The number of nitrogens with zero attached hydrogens (tertiary/aromatic N) is 1. The van der Waals surface area contributed by atoms with Crippen LogP contribution in [0, 0.1) is 17.8 Å². The zero-order valence-corrected chi connectivity index (χ0v) is 27.1. The molecule has 1 spiro atoms. The van der Waals surface area contributed by atoms with Crippen molar-refractivity contribution in [1.82, 2.24) is 4.72 Å². The number of hydrogen-bond donors (Lipinski definition) is 1. The van der Waals surface area contributed by atoms with Crippen LogP contribution in [0.15, 0.2) is 48.6 Å². The zero-order chi connectivity index (χ0) is 30.6. The summed E-state index contributed by atoms with van der Waals surface area (Å²) in [4.78, 5) is 15.8. The van der Waals surface area contributed by atoms with E-state index in [1.165, 1.54) is 11.1 Å². The monoisotopic (exact) mass is 626 g/mol. The Labute approximate surface area is 261 Å². The fraction of sp³-hybridized carbons (Fsp3) is 0.559. The average molecular weight is 627 g/mol. The van der Waals surface area contributed by atoms with Gasteiger partial charge in [-0.3, -0.25) is 4.79 Å². The molecule has 0 radical (unpaired) electrons. The van der Waals surface area contributed by atoms with E-state index in [-0.39, 0.29) is 11.3 Å². The van der Waals surface area contributed by atoms with Gasteiger partial charge in [-0.25, -0.2) is 13.1 Å². The van der Waals surface area contributed by atoms with Gasteiger partial charge in [0.05, 0.1) is 23.1 Å². The smallest absolute Gasteiger partial charge is 0.264 e. The third-order valence-corrected chi connectivity index (χ3v) is 13.0. The molecule has 6 atom stereocenters. The number of rotatable bonds is 1. The van der Waals surface area contributed by atoms with Crippen molar-refractivity contribution in [2.45, 2.75) is 75.6 Å². The zero-order valence-electron chi connectivity index (χ0n) is 25.6. The highest BCUT2D eigenvalue weighted by Crippen LogP contribution is 2.49. The normalized spacial score (nSPS) is 34.5. The van der Waals surface area contributed by atoms with Crippen LogP contribution < -0.4 is 14.4 Å². The average Bonchev–Trinajstić information content (AvgIpc) is 3.11. The maximum atomic E-state index is 13.4. The molecule has 7 nitrogen and oxygen atoms in total. The third kappa shape index (κ3) is 5.59. The first-order valence-corrected chi connectivity index (χ1v) is 17.5. The Bertz CT molecular complexity index is 1540. The van der Waals surface area contributed by atoms with Gasteiger partial charge >= 0.3 is 0 Å². The fourth-order valence-corrected chi connectivity index (χ4v) is 9.20. The van der Waals surface area contributed by atoms with E-state index in [4.69, 9.17) is 21.1 Å². The minimum atomic E-state index is -3.90. The molecule has 0 saturated heterocycles. The Balaban J connectivity index is 1.45. The summed E-state index contributed by atoms with van der Waals surface area (Å²) in [5.41, 5.74) is 2.99. The summed E-state index contributed by atoms with van der Waals surface area (Å²) in [6.07, 6.45) is 9.93. The molecule has 4 aliphatic rings. The van der Waals surface area contributed by atoms with Crippen molar-refractivity contribution in [3.63, 3.8) is 0 Å². The summed E-state index contributed by atoms with van der Waals surface area (Å²) in [7, 11) is -2.13. The second kappa shape index (κ2) is 11.4. The molecule has 1 fully saturated rings. The highest BCUT2D eigenvalue weighted by molar-refractivity contribution is 7.90. The largest absolute Gasteiger partial charge is 0.490 e. The van der Waals surface area contributed by atoms with Crippen LogP contribution in [-0.2, 0) is 26.6 Å². The standard InChI is InChI=1S/C34H43ClN2O5S/c1-22-7-5-15-33(3,41-4)28-12-9-26(28)19-37-20-34(16-6-8-24-17-27(35)11-13-29(24)34)21-42-31-14-10-25(18-30(31)37)32(38)36-43(39,40)23(22)2/h5,10-11,13-15,17-18,22-23,26,28H,6-9,12,16,19-21H2,1-4H3,(H,36,38)/b15-5+/t22-,23+,26-,28+,33-,34-/m0/s1. The van der Waals surface area contributed by atoms with E-state index >= 15 is 0 Å². The van der Waals surface area contributed by atoms with Crippen LogP contribution in [0.25, 0.3) is 0 Å². The van der Waals surface area contributed by atoms with E-state index in [0.717, 1.165) is 55.9 Å². The molecule has 0 unspecified atom stereocenters. The quantitative estimate of drug-likeness (QED) is 0.375. The van der Waals surface area contributed by atoms with E-state index in [1.54, 1.807) is 20.1 Å². The second-order valence-corrected chi connectivity index (χ2v) is 15.9. The first kappa shape index (κ1) is 30.5. The van der Waals surface area contributed by atoms with Crippen LogP contribution in [0.2, 0.25) is 5.02 Å². The number of amides is 1. The van der Waals surface area contributed by atoms with Crippen molar-refractivity contribution >= 4 is 33.2 Å². The van der Waals surface area contributed by atoms with Crippen LogP contribution in [-0.4, -0.2) is 52.0 Å². The summed E-state index contributed by atoms with van der Waals surface area (Å²) in [5.74, 6) is 0.604. The molecule has 1 saturated carbocycles. The van der Waals surface area contributed by atoms with E-state index in [0.29, 0.717) is 36.2 Å². The number of carbonyl (C=O) groups is 1. The van der Waals surface area contributed by atoms with Crippen molar-refractivity contribution in [3.05, 3.63) is 70.3 Å². The molecule has 232 valence electrons. The summed E-state index contributed by atoms with van der Waals surface area (Å²) in [6, 6.07) is 11.5. The number of hydrogen-bond acceptors (Lipinski definition) is 6. The number of ether oxygens (including phenoxy) is 2. The minimum Gasteiger partial charge on any atom is -0.490 e. The number of carbonyl (C=O) groups excluding carboxylic acids is 1. The summed E-state index contributed by atoms with van der Waals surface area (Å²) in [6.45, 7) is 7.76. The number of halogens is 1. The molecular weight excluding hydrogens is 584 g/mol. The van der Waals surface area contributed by atoms with E-state index in [9.17, 15) is 13.2 Å². The van der Waals surface area contributed by atoms with Gasteiger partial charge in [0.1, 0.15) is 5.75 Å². The maximum Gasteiger partial charge on any atom is 0.264 e. The molecule has 1 amide bonds. The Morgan fingerprint density at radius 1 is 1.14 bits per heavy atom. The SMILES string of the molecule is CO[C@@]1(C)/C=C/C[C@H](C)[C@@H](C)S(=O)(=O)NC(=O)c2ccc3c(c2)N(C[C@@H]2CC[C@H]21)C[C@@]1(CCCc2cc(Cl)ccc21)CO3. The number of nitrogens with one attached hydrogen (secondary N) is 1. The van der Waals surface area contributed by atoms with Gasteiger partial charge in [-0.05, 0) is 112 Å². The Morgan fingerprint density at radius 2 is 1.95 bits per heavy atom. The molecule has 43 heavy (non-hydrogen) atoms. The van der Waals surface area contributed by atoms with Gasteiger partial charge in [0.2, 0.25) is 10.0 Å². The van der Waals surface area contributed by atoms with Crippen molar-refractivity contribution in [3.8, 4) is 5.75 Å². The Hall–Kier alpha value is -2.55. The van der Waals surface area contributed by atoms with E-state index < -0.39 is 26.8 Å². The molecule has 1 N–H and O–H groups in total. The van der Waals surface area contributed by atoms with Crippen molar-refractivity contribution in [2.75, 3.05) is 31.7 Å². The van der Waals surface area contributed by atoms with Crippen molar-refractivity contribution in [1.29, 1.82) is 0 Å². The predicted molar refractivity (Wildman–Crippen MR) is 171 cm³/mol. The van der Waals surface area contributed by atoms with Gasteiger partial charge in [-0.15, -0.1) is 0 Å². The predicted octanol–water partition coefficient (Wildman–Crippen LogP) is 6.29. The van der Waals surface area contributed by atoms with Crippen molar-refractivity contribution < 1.29 is 22.7 Å². The maximum absolute atomic E-state index is 13.4. The van der Waals surface area contributed by atoms with Gasteiger partial charge in [0, 0.05) is 36.2 Å². The summed E-state index contributed by atoms with van der Waals surface area (Å²) >= 11 is 6.42. The lowest BCUT2D eigenvalue weighted by Gasteiger charge is -2.49. The van der Waals surface area contributed by atoms with E-state index in [2.05, 4.69) is 40.8 Å². The van der Waals surface area contributed by atoms with Crippen LogP contribution in [0.4, 0.5) is 5.69 Å². The highest BCUT2D eigenvalue weighted by atomic mass is 35.5. The lowest BCUT2D eigenvalue weighted by Crippen LogP contribution is -2.52. The number of aryl methyl sites for hydroxylation is 1. The molecule has 2 aliphatic carbocycles. The number of anilines is 1. The van der Waals surface area contributed by atoms with E-state index in [1.807, 2.05) is 25.1 Å². The van der Waals surface area contributed by atoms with Crippen LogP contribution >= 0.6 is 11.6 Å². The Kier molecular flexibility index (Phi) is 8.10. The number of benzene rings is 2. The van der Waals surface area contributed by atoms with Gasteiger partial charge < -0.3 is 14.4 Å². The molecule has 2 bridgehead atoms. The summed E-state index contributed by atoms with van der Waals surface area (Å²) in [5, 5.41) is -0.00294. The first-order chi connectivity index (χ1) is 20.4. The molecule has 2 aliphatic heterocycles. The minimum absolute atomic E-state index is 0.187. The van der Waals surface area contributed by atoms with Crippen LogP contribution in [0.5, 0.6) is 5.75 Å². The van der Waals surface area contributed by atoms with Gasteiger partial charge in [0.25, 0.3) is 5.91 Å². The number of fused-ring (bicyclic) bond motifs is 4. The van der Waals surface area contributed by atoms with Crippen molar-refractivity contribution in [2.24, 2.45) is 17.8 Å². The third-order valence-electron chi connectivity index (χ3n) is 10.8. The number of sulfonamides is 1. The second-order valence-electron chi connectivity index (χ2n) is 13.4. The molecule has 9 heteroatoms. The van der Waals surface area contributed by atoms with Crippen LogP contribution in [0.3, 0.4) is 0 Å². The molecule has 6 rings (SSSR count).